The Balaban J connectivity index is 1.39. The van der Waals surface area contributed by atoms with E-state index in [0.717, 1.165) is 62.2 Å². The van der Waals surface area contributed by atoms with E-state index in [1.165, 1.54) is 22.4 Å². The highest BCUT2D eigenvalue weighted by Crippen LogP contribution is 2.33. The number of fused-ring (bicyclic) bond motifs is 1. The van der Waals surface area contributed by atoms with Gasteiger partial charge < -0.3 is 19.9 Å². The van der Waals surface area contributed by atoms with E-state index in [1.807, 2.05) is 12.1 Å². The molecule has 1 N–H and O–H groups in total. The van der Waals surface area contributed by atoms with Gasteiger partial charge in [0.25, 0.3) is 0 Å². The first-order chi connectivity index (χ1) is 17.2. The molecule has 0 bridgehead atoms. The average Bonchev–Trinajstić information content (AvgIpc) is 3.24. The molecule has 7 heteroatoms. The second-order valence-electron chi connectivity index (χ2n) is 11.0. The number of benzene rings is 2. The zero-order valence-corrected chi connectivity index (χ0v) is 22.4. The lowest BCUT2D eigenvalue weighted by Crippen LogP contribution is -2.47. The smallest absolute Gasteiger partial charge is 0.229 e. The lowest BCUT2D eigenvalue weighted by Gasteiger charge is -2.37. The van der Waals surface area contributed by atoms with Crippen molar-refractivity contribution in [1.82, 2.24) is 14.9 Å². The Hall–Kier alpha value is -3.32. The highest BCUT2D eigenvalue weighted by atomic mass is 16.5. The van der Waals surface area contributed by atoms with Crippen molar-refractivity contribution in [3.8, 4) is 5.75 Å². The second kappa shape index (κ2) is 9.62. The molecule has 0 unspecified atom stereocenters. The molecule has 2 aliphatic heterocycles. The van der Waals surface area contributed by atoms with Crippen molar-refractivity contribution < 1.29 is 4.74 Å². The number of nitrogens with zero attached hydrogens (tertiary/aromatic N) is 5. The topological polar surface area (TPSA) is 56.8 Å². The van der Waals surface area contributed by atoms with Crippen molar-refractivity contribution >= 4 is 23.1 Å². The quantitative estimate of drug-likeness (QED) is 0.538. The van der Waals surface area contributed by atoms with Crippen molar-refractivity contribution in [2.24, 2.45) is 0 Å². The molecule has 0 aliphatic carbocycles. The number of nitrogens with one attached hydrogen (secondary N) is 1. The Labute approximate surface area is 215 Å². The fraction of sp³-hybridized carbons (Fsp3) is 0.448. The molecule has 2 aromatic carbocycles. The lowest BCUT2D eigenvalue weighted by molar-refractivity contribution is 0.351. The summed E-state index contributed by atoms with van der Waals surface area (Å²) in [6.07, 6.45) is 0. The summed E-state index contributed by atoms with van der Waals surface area (Å²) in [6, 6.07) is 15.0. The summed E-state index contributed by atoms with van der Waals surface area (Å²) in [5.74, 6) is 2.65. The van der Waals surface area contributed by atoms with E-state index in [4.69, 9.17) is 14.7 Å². The normalized spacial score (nSPS) is 16.3. The molecular formula is C29H38N6O. The monoisotopic (exact) mass is 486 g/mol. The van der Waals surface area contributed by atoms with E-state index < -0.39 is 0 Å². The van der Waals surface area contributed by atoms with Gasteiger partial charge in [-0.3, -0.25) is 4.90 Å². The van der Waals surface area contributed by atoms with Gasteiger partial charge in [0.05, 0.1) is 12.8 Å². The summed E-state index contributed by atoms with van der Waals surface area (Å²) in [7, 11) is 3.86. The van der Waals surface area contributed by atoms with Crippen molar-refractivity contribution in [2.45, 2.75) is 46.2 Å². The largest absolute Gasteiger partial charge is 0.497 e. The van der Waals surface area contributed by atoms with E-state index >= 15 is 0 Å². The number of hydrogen-bond acceptors (Lipinski definition) is 7. The SMILES string of the molecule is COc1ccc(N2CCN(c3nc(Nc4cc(C(C)(C)C)ccc4C)nc4c3CN(C)C4)CC2)cc1. The summed E-state index contributed by atoms with van der Waals surface area (Å²) in [5.41, 5.74) is 7.28. The van der Waals surface area contributed by atoms with Gasteiger partial charge in [-0.15, -0.1) is 0 Å². The van der Waals surface area contributed by atoms with Gasteiger partial charge in [-0.25, -0.2) is 4.98 Å². The van der Waals surface area contributed by atoms with Crippen molar-refractivity contribution in [3.05, 3.63) is 64.8 Å². The second-order valence-corrected chi connectivity index (χ2v) is 11.0. The summed E-state index contributed by atoms with van der Waals surface area (Å²) >= 11 is 0. The molecule has 2 aliphatic rings. The predicted molar refractivity (Wildman–Crippen MR) is 148 cm³/mol. The van der Waals surface area contributed by atoms with Crippen LogP contribution in [-0.4, -0.2) is 55.2 Å². The van der Waals surface area contributed by atoms with Gasteiger partial charge in [0.1, 0.15) is 11.6 Å². The lowest BCUT2D eigenvalue weighted by atomic mass is 9.86. The van der Waals surface area contributed by atoms with Crippen LogP contribution in [0.2, 0.25) is 0 Å². The number of rotatable bonds is 5. The number of ether oxygens (including phenoxy) is 1. The first kappa shape index (κ1) is 24.4. The third-order valence-electron chi connectivity index (χ3n) is 7.29. The average molecular weight is 487 g/mol. The van der Waals surface area contributed by atoms with Crippen LogP contribution in [0.25, 0.3) is 0 Å². The minimum atomic E-state index is 0.0837. The highest BCUT2D eigenvalue weighted by molar-refractivity contribution is 5.63. The highest BCUT2D eigenvalue weighted by Gasteiger charge is 2.28. The minimum Gasteiger partial charge on any atom is -0.497 e. The van der Waals surface area contributed by atoms with E-state index in [2.05, 4.69) is 85.1 Å². The molecule has 1 saturated heterocycles. The van der Waals surface area contributed by atoms with Gasteiger partial charge in [-0.2, -0.15) is 4.98 Å². The van der Waals surface area contributed by atoms with Gasteiger partial charge in [0.15, 0.2) is 0 Å². The minimum absolute atomic E-state index is 0.0837. The molecule has 3 aromatic rings. The van der Waals surface area contributed by atoms with Crippen molar-refractivity contribution in [2.75, 3.05) is 55.5 Å². The van der Waals surface area contributed by atoms with Crippen LogP contribution >= 0.6 is 0 Å². The van der Waals surface area contributed by atoms with Crippen molar-refractivity contribution in [3.63, 3.8) is 0 Å². The number of aromatic nitrogens is 2. The Morgan fingerprint density at radius 2 is 1.58 bits per heavy atom. The van der Waals surface area contributed by atoms with Gasteiger partial charge in [0.2, 0.25) is 5.95 Å². The van der Waals surface area contributed by atoms with E-state index in [-0.39, 0.29) is 5.41 Å². The van der Waals surface area contributed by atoms with Crippen LogP contribution in [0.1, 0.15) is 43.2 Å². The molecule has 0 saturated carbocycles. The third-order valence-corrected chi connectivity index (χ3v) is 7.29. The van der Waals surface area contributed by atoms with Crippen LogP contribution in [0.5, 0.6) is 5.75 Å². The standard InChI is InChI=1S/C29H38N6O/c1-20-7-8-21(29(2,3)4)17-25(20)30-28-31-26-19-33(5)18-24(26)27(32-28)35-15-13-34(14-16-35)22-9-11-23(36-6)12-10-22/h7-12,17H,13-16,18-19H2,1-6H3,(H,30,31,32). The van der Waals surface area contributed by atoms with Crippen LogP contribution < -0.4 is 19.9 Å². The number of anilines is 4. The van der Waals surface area contributed by atoms with Crippen LogP contribution in [-0.2, 0) is 18.5 Å². The molecule has 0 amide bonds. The van der Waals surface area contributed by atoms with Gasteiger partial charge in [-0.1, -0.05) is 32.9 Å². The van der Waals surface area contributed by atoms with Crippen molar-refractivity contribution in [1.29, 1.82) is 0 Å². The molecule has 190 valence electrons. The summed E-state index contributed by atoms with van der Waals surface area (Å²) in [5, 5.41) is 3.56. The fourth-order valence-electron chi connectivity index (χ4n) is 5.02. The zero-order chi connectivity index (χ0) is 25.4. The first-order valence-electron chi connectivity index (χ1n) is 12.8. The van der Waals surface area contributed by atoms with Gasteiger partial charge in [-0.05, 0) is 60.8 Å². The van der Waals surface area contributed by atoms with E-state index in [9.17, 15) is 0 Å². The predicted octanol–water partition coefficient (Wildman–Crippen LogP) is 5.11. The molecule has 0 atom stereocenters. The molecule has 7 nitrogen and oxygen atoms in total. The molecule has 1 aromatic heterocycles. The Morgan fingerprint density at radius 1 is 0.889 bits per heavy atom. The molecule has 0 radical (unpaired) electrons. The molecule has 36 heavy (non-hydrogen) atoms. The molecule has 1 fully saturated rings. The molecular weight excluding hydrogens is 448 g/mol. The number of methoxy groups -OCH3 is 1. The molecule has 3 heterocycles. The summed E-state index contributed by atoms with van der Waals surface area (Å²) in [6.45, 7) is 14.4. The maximum Gasteiger partial charge on any atom is 0.229 e. The Kier molecular flexibility index (Phi) is 6.51. The van der Waals surface area contributed by atoms with Crippen LogP contribution in [0.4, 0.5) is 23.1 Å². The Bertz CT molecular complexity index is 1230. The van der Waals surface area contributed by atoms with Crippen LogP contribution in [0.15, 0.2) is 42.5 Å². The number of piperazine rings is 1. The van der Waals surface area contributed by atoms with E-state index in [1.54, 1.807) is 7.11 Å². The first-order valence-corrected chi connectivity index (χ1v) is 12.8. The maximum atomic E-state index is 5.32. The van der Waals surface area contributed by atoms with E-state index in [0.29, 0.717) is 5.95 Å². The zero-order valence-electron chi connectivity index (χ0n) is 22.4. The van der Waals surface area contributed by atoms with Crippen LogP contribution in [0.3, 0.4) is 0 Å². The number of hydrogen-bond donors (Lipinski definition) is 1. The summed E-state index contributed by atoms with van der Waals surface area (Å²) in [4.78, 5) is 17.2. The Morgan fingerprint density at radius 3 is 2.25 bits per heavy atom. The number of aryl methyl sites for hydroxylation is 1. The fourth-order valence-corrected chi connectivity index (χ4v) is 5.02. The molecule has 0 spiro atoms. The van der Waals surface area contributed by atoms with Gasteiger partial charge >= 0.3 is 0 Å². The van der Waals surface area contributed by atoms with Crippen LogP contribution in [0, 0.1) is 6.92 Å². The summed E-state index contributed by atoms with van der Waals surface area (Å²) < 4.78 is 5.32. The maximum absolute atomic E-state index is 5.32. The molecule has 5 rings (SSSR count). The third kappa shape index (κ3) is 4.98. The van der Waals surface area contributed by atoms with Gasteiger partial charge in [0, 0.05) is 56.2 Å².